The Morgan fingerprint density at radius 1 is 1.04 bits per heavy atom. The van der Waals surface area contributed by atoms with Gasteiger partial charge in [0.15, 0.2) is 0 Å². The predicted octanol–water partition coefficient (Wildman–Crippen LogP) is 2.89. The number of carbonyl (C=O) groups excluding carboxylic acids is 3. The second-order valence-electron chi connectivity index (χ2n) is 5.65. The molecule has 1 fully saturated rings. The van der Waals surface area contributed by atoms with E-state index in [4.69, 9.17) is 0 Å². The number of Topliss-reactive ketones (excluding diaryl/α,β-unsaturated/α-hetero) is 1. The number of nitrogens with zero attached hydrogens (tertiary/aromatic N) is 1. The summed E-state index contributed by atoms with van der Waals surface area (Å²) in [5.41, 5.74) is 0.773. The second-order valence-corrected chi connectivity index (χ2v) is 7.07. The number of amides is 2. The standard InChI is InChI=1S/C19H17NO3S/c1-13(24-15-10-6-3-7-11-15)18(22)20-12-16(17(21)19(20)23)14-8-4-2-5-9-14/h2-11,13,16H,12H2,1H3/t13-,16-/m0/s1. The number of imide groups is 1. The van der Waals surface area contributed by atoms with Gasteiger partial charge in [0, 0.05) is 11.4 Å². The number of rotatable bonds is 4. The molecule has 4 nitrogen and oxygen atoms in total. The maximum atomic E-state index is 12.6. The van der Waals surface area contributed by atoms with E-state index in [1.807, 2.05) is 60.7 Å². The summed E-state index contributed by atoms with van der Waals surface area (Å²) in [5.74, 6) is -2.09. The average molecular weight is 339 g/mol. The van der Waals surface area contributed by atoms with Crippen molar-refractivity contribution in [3.8, 4) is 0 Å². The van der Waals surface area contributed by atoms with Crippen molar-refractivity contribution in [1.29, 1.82) is 0 Å². The van der Waals surface area contributed by atoms with Gasteiger partial charge in [-0.1, -0.05) is 48.5 Å². The first-order valence-electron chi connectivity index (χ1n) is 7.74. The third-order valence-corrected chi connectivity index (χ3v) is 5.11. The van der Waals surface area contributed by atoms with Crippen molar-refractivity contribution in [3.05, 3.63) is 66.2 Å². The molecule has 2 atom stereocenters. The van der Waals surface area contributed by atoms with Crippen LogP contribution < -0.4 is 0 Å². The number of carbonyl (C=O) groups is 3. The molecule has 0 aromatic heterocycles. The summed E-state index contributed by atoms with van der Waals surface area (Å²) in [7, 11) is 0. The van der Waals surface area contributed by atoms with Crippen molar-refractivity contribution in [2.75, 3.05) is 6.54 Å². The lowest BCUT2D eigenvalue weighted by Gasteiger charge is -2.18. The van der Waals surface area contributed by atoms with E-state index in [0.29, 0.717) is 0 Å². The van der Waals surface area contributed by atoms with Crippen LogP contribution in [0.4, 0.5) is 0 Å². The van der Waals surface area contributed by atoms with Gasteiger partial charge in [0.25, 0.3) is 5.91 Å². The lowest BCUT2D eigenvalue weighted by molar-refractivity contribution is -0.146. The van der Waals surface area contributed by atoms with Crippen LogP contribution in [0.5, 0.6) is 0 Å². The van der Waals surface area contributed by atoms with Gasteiger partial charge in [-0.05, 0) is 24.6 Å². The molecule has 0 unspecified atom stereocenters. The van der Waals surface area contributed by atoms with Gasteiger partial charge in [0.1, 0.15) is 0 Å². The molecule has 0 bridgehead atoms. The maximum Gasteiger partial charge on any atom is 0.297 e. The molecule has 0 spiro atoms. The van der Waals surface area contributed by atoms with Gasteiger partial charge in [-0.25, -0.2) is 0 Å². The highest BCUT2D eigenvalue weighted by Crippen LogP contribution is 2.29. The number of benzene rings is 2. The monoisotopic (exact) mass is 339 g/mol. The van der Waals surface area contributed by atoms with E-state index in [-0.39, 0.29) is 12.5 Å². The Morgan fingerprint density at radius 3 is 2.25 bits per heavy atom. The van der Waals surface area contributed by atoms with Crippen molar-refractivity contribution < 1.29 is 14.4 Å². The number of thioether (sulfide) groups is 1. The largest absolute Gasteiger partial charge is 0.297 e. The zero-order chi connectivity index (χ0) is 17.1. The number of hydrogen-bond acceptors (Lipinski definition) is 4. The molecule has 1 saturated heterocycles. The molecule has 0 N–H and O–H groups in total. The molecule has 1 aliphatic heterocycles. The van der Waals surface area contributed by atoms with Crippen molar-refractivity contribution in [2.24, 2.45) is 0 Å². The molecule has 2 aromatic rings. The first-order chi connectivity index (χ1) is 11.6. The Kier molecular flexibility index (Phi) is 4.81. The van der Waals surface area contributed by atoms with Crippen LogP contribution in [0.2, 0.25) is 0 Å². The molecule has 122 valence electrons. The zero-order valence-corrected chi connectivity index (χ0v) is 14.0. The van der Waals surface area contributed by atoms with E-state index >= 15 is 0 Å². The molecule has 0 aliphatic carbocycles. The Hall–Kier alpha value is -2.40. The van der Waals surface area contributed by atoms with Crippen LogP contribution in [0.15, 0.2) is 65.6 Å². The van der Waals surface area contributed by atoms with E-state index in [1.54, 1.807) is 6.92 Å². The maximum absolute atomic E-state index is 12.6. The third kappa shape index (κ3) is 3.26. The number of hydrogen-bond donors (Lipinski definition) is 0. The van der Waals surface area contributed by atoms with Gasteiger partial charge in [0.2, 0.25) is 11.7 Å². The molecule has 1 heterocycles. The first-order valence-corrected chi connectivity index (χ1v) is 8.62. The highest BCUT2D eigenvalue weighted by Gasteiger charge is 2.43. The fraction of sp³-hybridized carbons (Fsp3) is 0.211. The van der Waals surface area contributed by atoms with Gasteiger partial charge < -0.3 is 0 Å². The molecule has 2 amide bonds. The van der Waals surface area contributed by atoms with Crippen molar-refractivity contribution >= 4 is 29.4 Å². The van der Waals surface area contributed by atoms with Crippen LogP contribution in [-0.2, 0) is 14.4 Å². The molecular weight excluding hydrogens is 322 g/mol. The summed E-state index contributed by atoms with van der Waals surface area (Å²) in [4.78, 5) is 39.2. The average Bonchev–Trinajstić information content (AvgIpc) is 2.91. The minimum Gasteiger partial charge on any atom is -0.288 e. The molecule has 24 heavy (non-hydrogen) atoms. The minimum absolute atomic E-state index is 0.125. The second kappa shape index (κ2) is 7.01. The summed E-state index contributed by atoms with van der Waals surface area (Å²) in [6.07, 6.45) is 0. The highest BCUT2D eigenvalue weighted by molar-refractivity contribution is 8.00. The normalized spacial score (nSPS) is 18.7. The van der Waals surface area contributed by atoms with Gasteiger partial charge >= 0.3 is 0 Å². The lowest BCUT2D eigenvalue weighted by atomic mass is 9.97. The number of ketones is 1. The van der Waals surface area contributed by atoms with E-state index in [1.165, 1.54) is 11.8 Å². The fourth-order valence-electron chi connectivity index (χ4n) is 2.74. The summed E-state index contributed by atoms with van der Waals surface area (Å²) < 4.78 is 0. The van der Waals surface area contributed by atoms with Crippen molar-refractivity contribution in [2.45, 2.75) is 23.0 Å². The Bertz CT molecular complexity index is 761. The van der Waals surface area contributed by atoms with Crippen LogP contribution in [0.25, 0.3) is 0 Å². The summed E-state index contributed by atoms with van der Waals surface area (Å²) in [6.45, 7) is 1.88. The Labute approximate surface area is 144 Å². The van der Waals surface area contributed by atoms with E-state index in [2.05, 4.69) is 0 Å². The molecule has 3 rings (SSSR count). The molecule has 1 aliphatic rings. The Morgan fingerprint density at radius 2 is 1.62 bits per heavy atom. The SMILES string of the molecule is C[C@H](Sc1ccccc1)C(=O)N1C[C@@H](c2ccccc2)C(=O)C1=O. The van der Waals surface area contributed by atoms with Crippen LogP contribution in [0.1, 0.15) is 18.4 Å². The van der Waals surface area contributed by atoms with Gasteiger partial charge in [-0.3, -0.25) is 19.3 Å². The molecule has 0 radical (unpaired) electrons. The van der Waals surface area contributed by atoms with E-state index in [0.717, 1.165) is 15.4 Å². The first kappa shape index (κ1) is 16.5. The smallest absolute Gasteiger partial charge is 0.288 e. The van der Waals surface area contributed by atoms with Crippen LogP contribution in [0, 0.1) is 0 Å². The fourth-order valence-corrected chi connectivity index (χ4v) is 3.69. The topological polar surface area (TPSA) is 54.5 Å². The van der Waals surface area contributed by atoms with Gasteiger partial charge in [-0.2, -0.15) is 0 Å². The predicted molar refractivity (Wildman–Crippen MR) is 92.7 cm³/mol. The summed E-state index contributed by atoms with van der Waals surface area (Å²) >= 11 is 1.38. The van der Waals surface area contributed by atoms with Crippen molar-refractivity contribution in [3.63, 3.8) is 0 Å². The molecular formula is C19H17NO3S. The lowest BCUT2D eigenvalue weighted by Crippen LogP contribution is -2.38. The third-order valence-electron chi connectivity index (χ3n) is 4.01. The minimum atomic E-state index is -0.700. The van der Waals surface area contributed by atoms with Crippen LogP contribution in [0.3, 0.4) is 0 Å². The Balaban J connectivity index is 1.73. The quantitative estimate of drug-likeness (QED) is 0.635. The van der Waals surface area contributed by atoms with Crippen molar-refractivity contribution in [1.82, 2.24) is 4.90 Å². The molecule has 5 heteroatoms. The molecule has 0 saturated carbocycles. The van der Waals surface area contributed by atoms with Gasteiger partial charge in [-0.15, -0.1) is 11.8 Å². The van der Waals surface area contributed by atoms with E-state index < -0.39 is 22.9 Å². The summed E-state index contributed by atoms with van der Waals surface area (Å²) in [6, 6.07) is 18.7. The van der Waals surface area contributed by atoms with E-state index in [9.17, 15) is 14.4 Å². The van der Waals surface area contributed by atoms with Crippen LogP contribution >= 0.6 is 11.8 Å². The summed E-state index contributed by atoms with van der Waals surface area (Å²) in [5, 5.41) is -0.432. The molecule has 2 aromatic carbocycles. The highest BCUT2D eigenvalue weighted by atomic mass is 32.2. The number of likely N-dealkylation sites (tertiary alicyclic amines) is 1. The zero-order valence-electron chi connectivity index (χ0n) is 13.2. The van der Waals surface area contributed by atoms with Crippen LogP contribution in [-0.4, -0.2) is 34.3 Å². The van der Waals surface area contributed by atoms with Gasteiger partial charge in [0.05, 0.1) is 11.2 Å².